The Morgan fingerprint density at radius 1 is 1.30 bits per heavy atom. The van der Waals surface area contributed by atoms with E-state index in [1.807, 2.05) is 13.1 Å². The summed E-state index contributed by atoms with van der Waals surface area (Å²) >= 11 is 0. The molecule has 0 spiro atoms. The molecule has 1 amide bonds. The average molecular weight is 273 g/mol. The Morgan fingerprint density at radius 3 is 2.50 bits per heavy atom. The number of aromatic nitrogens is 2. The third-order valence-electron chi connectivity index (χ3n) is 2.96. The summed E-state index contributed by atoms with van der Waals surface area (Å²) in [6.45, 7) is 2.17. The molecule has 0 aliphatic carbocycles. The molecule has 2 N–H and O–H groups in total. The predicted octanol–water partition coefficient (Wildman–Crippen LogP) is 1.36. The second-order valence-electron chi connectivity index (χ2n) is 4.45. The number of aryl methyl sites for hydroxylation is 2. The Labute approximate surface area is 116 Å². The summed E-state index contributed by atoms with van der Waals surface area (Å²) in [4.78, 5) is 23.1. The van der Waals surface area contributed by atoms with Crippen LogP contribution in [0, 0.1) is 6.92 Å². The van der Waals surface area contributed by atoms with Crippen LogP contribution in [0.4, 0.5) is 0 Å². The summed E-state index contributed by atoms with van der Waals surface area (Å²) in [5.41, 5.74) is 1.88. The monoisotopic (exact) mass is 273 g/mol. The number of carboxylic acid groups (broad SMARTS) is 1. The number of nitrogens with zero attached hydrogens (tertiary/aromatic N) is 2. The van der Waals surface area contributed by atoms with Gasteiger partial charge in [-0.25, -0.2) is 4.79 Å². The molecule has 0 saturated heterocycles. The van der Waals surface area contributed by atoms with Gasteiger partial charge in [0.05, 0.1) is 16.8 Å². The van der Waals surface area contributed by atoms with Crippen LogP contribution in [0.5, 0.6) is 0 Å². The van der Waals surface area contributed by atoms with Crippen molar-refractivity contribution < 1.29 is 14.7 Å². The van der Waals surface area contributed by atoms with Crippen molar-refractivity contribution in [1.82, 2.24) is 15.1 Å². The number of aromatic carboxylic acids is 1. The van der Waals surface area contributed by atoms with Gasteiger partial charge in [-0.15, -0.1) is 0 Å². The molecule has 0 bridgehead atoms. The van der Waals surface area contributed by atoms with Gasteiger partial charge in [0.1, 0.15) is 0 Å². The fourth-order valence-corrected chi connectivity index (χ4v) is 1.96. The van der Waals surface area contributed by atoms with E-state index in [1.54, 1.807) is 23.9 Å². The first kappa shape index (κ1) is 13.8. The van der Waals surface area contributed by atoms with Gasteiger partial charge < -0.3 is 10.4 Å². The van der Waals surface area contributed by atoms with Crippen LogP contribution >= 0.6 is 0 Å². The molecule has 6 heteroatoms. The molecule has 0 fully saturated rings. The quantitative estimate of drug-likeness (QED) is 0.880. The SMILES string of the molecule is Cc1nn(C)cc1CNC(=O)c1ccccc1C(=O)O. The van der Waals surface area contributed by atoms with E-state index in [4.69, 9.17) is 5.11 Å². The van der Waals surface area contributed by atoms with Crippen LogP contribution in [-0.2, 0) is 13.6 Å². The van der Waals surface area contributed by atoms with Crippen LogP contribution in [-0.4, -0.2) is 26.8 Å². The molecular weight excluding hydrogens is 258 g/mol. The number of carboxylic acids is 1. The van der Waals surface area contributed by atoms with Gasteiger partial charge in [-0.2, -0.15) is 5.10 Å². The van der Waals surface area contributed by atoms with Gasteiger partial charge in [0.2, 0.25) is 0 Å². The van der Waals surface area contributed by atoms with Crippen molar-refractivity contribution in [2.45, 2.75) is 13.5 Å². The van der Waals surface area contributed by atoms with Gasteiger partial charge in [-0.05, 0) is 19.1 Å². The number of hydrogen-bond acceptors (Lipinski definition) is 3. The maximum Gasteiger partial charge on any atom is 0.336 e. The van der Waals surface area contributed by atoms with Gasteiger partial charge >= 0.3 is 5.97 Å². The van der Waals surface area contributed by atoms with Gasteiger partial charge in [-0.3, -0.25) is 9.48 Å². The highest BCUT2D eigenvalue weighted by atomic mass is 16.4. The fraction of sp³-hybridized carbons (Fsp3) is 0.214. The van der Waals surface area contributed by atoms with Gasteiger partial charge in [0, 0.05) is 25.4 Å². The maximum atomic E-state index is 12.1. The smallest absolute Gasteiger partial charge is 0.336 e. The number of rotatable bonds is 4. The van der Waals surface area contributed by atoms with E-state index in [0.717, 1.165) is 11.3 Å². The van der Waals surface area contributed by atoms with Crippen molar-refractivity contribution in [2.75, 3.05) is 0 Å². The van der Waals surface area contributed by atoms with Crippen molar-refractivity contribution in [1.29, 1.82) is 0 Å². The number of carbonyl (C=O) groups is 2. The van der Waals surface area contributed by atoms with Crippen LogP contribution in [0.15, 0.2) is 30.5 Å². The zero-order chi connectivity index (χ0) is 14.7. The van der Waals surface area contributed by atoms with Gasteiger partial charge in [0.25, 0.3) is 5.91 Å². The number of amides is 1. The topological polar surface area (TPSA) is 84.2 Å². The van der Waals surface area contributed by atoms with E-state index < -0.39 is 11.9 Å². The standard InChI is InChI=1S/C14H15N3O3/c1-9-10(8-17(2)16-9)7-15-13(18)11-5-3-4-6-12(11)14(19)20/h3-6,8H,7H2,1-2H3,(H,15,18)(H,19,20). The maximum absolute atomic E-state index is 12.1. The molecule has 6 nitrogen and oxygen atoms in total. The first-order valence-corrected chi connectivity index (χ1v) is 6.08. The molecule has 104 valence electrons. The summed E-state index contributed by atoms with van der Waals surface area (Å²) in [5.74, 6) is -1.53. The summed E-state index contributed by atoms with van der Waals surface area (Å²) in [6.07, 6.45) is 1.82. The van der Waals surface area contributed by atoms with Crippen molar-refractivity contribution >= 4 is 11.9 Å². The van der Waals surface area contributed by atoms with E-state index in [-0.39, 0.29) is 11.1 Å². The molecular formula is C14H15N3O3. The van der Waals surface area contributed by atoms with E-state index in [0.29, 0.717) is 6.54 Å². The predicted molar refractivity (Wildman–Crippen MR) is 72.5 cm³/mol. The van der Waals surface area contributed by atoms with Crippen molar-refractivity contribution in [3.8, 4) is 0 Å². The minimum atomic E-state index is -1.12. The number of carbonyl (C=O) groups excluding carboxylic acids is 1. The highest BCUT2D eigenvalue weighted by molar-refractivity contribution is 6.04. The lowest BCUT2D eigenvalue weighted by atomic mass is 10.1. The molecule has 1 aromatic carbocycles. The Morgan fingerprint density at radius 2 is 1.95 bits per heavy atom. The first-order chi connectivity index (χ1) is 9.49. The van der Waals surface area contributed by atoms with E-state index in [2.05, 4.69) is 10.4 Å². The summed E-state index contributed by atoms with van der Waals surface area (Å²) in [6, 6.07) is 6.13. The number of hydrogen-bond donors (Lipinski definition) is 2. The van der Waals surface area contributed by atoms with Crippen molar-refractivity contribution in [3.05, 3.63) is 52.8 Å². The highest BCUT2D eigenvalue weighted by Crippen LogP contribution is 2.10. The molecule has 0 aliphatic rings. The second-order valence-corrected chi connectivity index (χ2v) is 4.45. The lowest BCUT2D eigenvalue weighted by Crippen LogP contribution is -2.25. The average Bonchev–Trinajstić information content (AvgIpc) is 2.74. The Hall–Kier alpha value is -2.63. The molecule has 2 rings (SSSR count). The Kier molecular flexibility index (Phi) is 3.84. The fourth-order valence-electron chi connectivity index (χ4n) is 1.96. The molecule has 2 aromatic rings. The van der Waals surface area contributed by atoms with Gasteiger partial charge in [0.15, 0.2) is 0 Å². The van der Waals surface area contributed by atoms with Crippen molar-refractivity contribution in [3.63, 3.8) is 0 Å². The highest BCUT2D eigenvalue weighted by Gasteiger charge is 2.15. The molecule has 1 aromatic heterocycles. The lowest BCUT2D eigenvalue weighted by molar-refractivity contribution is 0.0691. The largest absolute Gasteiger partial charge is 0.478 e. The summed E-state index contributed by atoms with van der Waals surface area (Å²) in [7, 11) is 1.80. The zero-order valence-electron chi connectivity index (χ0n) is 11.3. The van der Waals surface area contributed by atoms with Crippen molar-refractivity contribution in [2.24, 2.45) is 7.05 Å². The van der Waals surface area contributed by atoms with E-state index >= 15 is 0 Å². The van der Waals surface area contributed by atoms with Crippen LogP contribution < -0.4 is 5.32 Å². The molecule has 1 heterocycles. The van der Waals surface area contributed by atoms with Crippen LogP contribution in [0.1, 0.15) is 32.0 Å². The summed E-state index contributed by atoms with van der Waals surface area (Å²) in [5, 5.41) is 15.9. The third kappa shape index (κ3) is 2.85. The van der Waals surface area contributed by atoms with Crippen LogP contribution in [0.25, 0.3) is 0 Å². The molecule has 0 radical (unpaired) electrons. The minimum Gasteiger partial charge on any atom is -0.478 e. The molecule has 0 saturated carbocycles. The first-order valence-electron chi connectivity index (χ1n) is 6.08. The normalized spacial score (nSPS) is 10.3. The molecule has 20 heavy (non-hydrogen) atoms. The third-order valence-corrected chi connectivity index (χ3v) is 2.96. The van der Waals surface area contributed by atoms with E-state index in [9.17, 15) is 9.59 Å². The molecule has 0 aliphatic heterocycles. The number of nitrogens with one attached hydrogen (secondary N) is 1. The van der Waals surface area contributed by atoms with Gasteiger partial charge in [-0.1, -0.05) is 12.1 Å². The summed E-state index contributed by atoms with van der Waals surface area (Å²) < 4.78 is 1.67. The molecule has 0 atom stereocenters. The van der Waals surface area contributed by atoms with Crippen LogP contribution in [0.2, 0.25) is 0 Å². The second kappa shape index (κ2) is 5.56. The Balaban J connectivity index is 2.13. The van der Waals surface area contributed by atoms with E-state index in [1.165, 1.54) is 12.1 Å². The zero-order valence-corrected chi connectivity index (χ0v) is 11.3. The Bertz CT molecular complexity index is 661. The molecule has 0 unspecified atom stereocenters. The minimum absolute atomic E-state index is 0.00657. The number of benzene rings is 1. The van der Waals surface area contributed by atoms with Crippen LogP contribution in [0.3, 0.4) is 0 Å². The lowest BCUT2D eigenvalue weighted by Gasteiger charge is -2.07.